The van der Waals surface area contributed by atoms with Gasteiger partial charge in [0.2, 0.25) is 0 Å². The van der Waals surface area contributed by atoms with E-state index in [-0.39, 0.29) is 0 Å². The van der Waals surface area contributed by atoms with Crippen LogP contribution in [0.2, 0.25) is 0 Å². The van der Waals surface area contributed by atoms with Crippen molar-refractivity contribution in [1.82, 2.24) is 0 Å². The summed E-state index contributed by atoms with van der Waals surface area (Å²) >= 11 is 0. The second-order valence-corrected chi connectivity index (χ2v) is 5.03. The quantitative estimate of drug-likeness (QED) is 0.669. The molecule has 1 nitrogen and oxygen atoms in total. The SMILES string of the molecule is O=Cc1ccccc1C1CC2CCC1C2. The normalized spacial score (nSPS) is 33.2. The van der Waals surface area contributed by atoms with Crippen LogP contribution < -0.4 is 0 Å². The Balaban J connectivity index is 1.96. The van der Waals surface area contributed by atoms with E-state index in [2.05, 4.69) is 12.1 Å². The average Bonchev–Trinajstić information content (AvgIpc) is 2.90. The summed E-state index contributed by atoms with van der Waals surface area (Å²) in [5.41, 5.74) is 2.22. The highest BCUT2D eigenvalue weighted by atomic mass is 16.1. The Labute approximate surface area is 90.5 Å². The first kappa shape index (κ1) is 9.14. The van der Waals surface area contributed by atoms with Gasteiger partial charge in [-0.05, 0) is 42.6 Å². The van der Waals surface area contributed by atoms with E-state index in [9.17, 15) is 4.79 Å². The molecule has 1 aromatic carbocycles. The van der Waals surface area contributed by atoms with Gasteiger partial charge >= 0.3 is 0 Å². The van der Waals surface area contributed by atoms with Crippen LogP contribution >= 0.6 is 0 Å². The highest BCUT2D eigenvalue weighted by Gasteiger charge is 2.40. The first-order valence-corrected chi connectivity index (χ1v) is 5.92. The highest BCUT2D eigenvalue weighted by molar-refractivity contribution is 5.77. The van der Waals surface area contributed by atoms with Crippen LogP contribution in [0.3, 0.4) is 0 Å². The third kappa shape index (κ3) is 1.41. The molecule has 2 aliphatic rings. The van der Waals surface area contributed by atoms with Crippen LogP contribution in [0.15, 0.2) is 24.3 Å². The van der Waals surface area contributed by atoms with Gasteiger partial charge in [0, 0.05) is 5.56 Å². The van der Waals surface area contributed by atoms with Gasteiger partial charge in [-0.1, -0.05) is 30.7 Å². The molecule has 3 atom stereocenters. The van der Waals surface area contributed by atoms with E-state index in [4.69, 9.17) is 0 Å². The van der Waals surface area contributed by atoms with Gasteiger partial charge in [0.05, 0.1) is 0 Å². The molecule has 2 fully saturated rings. The van der Waals surface area contributed by atoms with Gasteiger partial charge < -0.3 is 0 Å². The Morgan fingerprint density at radius 3 is 2.67 bits per heavy atom. The summed E-state index contributed by atoms with van der Waals surface area (Å²) in [6.45, 7) is 0. The number of rotatable bonds is 2. The van der Waals surface area contributed by atoms with E-state index < -0.39 is 0 Å². The zero-order valence-electron chi connectivity index (χ0n) is 8.86. The third-order valence-electron chi connectivity index (χ3n) is 4.26. The number of hydrogen-bond donors (Lipinski definition) is 0. The predicted octanol–water partition coefficient (Wildman–Crippen LogP) is 3.40. The minimum absolute atomic E-state index is 0.671. The van der Waals surface area contributed by atoms with Crippen molar-refractivity contribution < 1.29 is 4.79 Å². The predicted molar refractivity (Wildman–Crippen MR) is 60.0 cm³/mol. The Morgan fingerprint density at radius 1 is 1.13 bits per heavy atom. The summed E-state index contributed by atoms with van der Waals surface area (Å²) in [5.74, 6) is 2.47. The lowest BCUT2D eigenvalue weighted by atomic mass is 9.82. The molecule has 1 heteroatoms. The van der Waals surface area contributed by atoms with Crippen molar-refractivity contribution in [2.45, 2.75) is 31.6 Å². The van der Waals surface area contributed by atoms with E-state index in [1.54, 1.807) is 0 Å². The number of carbonyl (C=O) groups is 1. The van der Waals surface area contributed by atoms with Gasteiger partial charge in [0.15, 0.2) is 0 Å². The average molecular weight is 200 g/mol. The van der Waals surface area contributed by atoms with Crippen LogP contribution in [0.25, 0.3) is 0 Å². The molecule has 78 valence electrons. The van der Waals surface area contributed by atoms with Gasteiger partial charge in [-0.15, -0.1) is 0 Å². The molecule has 1 aromatic rings. The van der Waals surface area contributed by atoms with E-state index in [1.165, 1.54) is 31.2 Å². The molecule has 15 heavy (non-hydrogen) atoms. The van der Waals surface area contributed by atoms with Crippen LogP contribution in [-0.4, -0.2) is 6.29 Å². The molecule has 0 radical (unpaired) electrons. The van der Waals surface area contributed by atoms with Crippen molar-refractivity contribution in [3.05, 3.63) is 35.4 Å². The molecule has 0 aromatic heterocycles. The summed E-state index contributed by atoms with van der Waals surface area (Å²) in [6.07, 6.45) is 6.53. The van der Waals surface area contributed by atoms with Crippen molar-refractivity contribution in [2.75, 3.05) is 0 Å². The van der Waals surface area contributed by atoms with Gasteiger partial charge in [-0.3, -0.25) is 4.79 Å². The van der Waals surface area contributed by atoms with Crippen LogP contribution in [0.1, 0.15) is 47.5 Å². The molecule has 0 heterocycles. The van der Waals surface area contributed by atoms with E-state index in [1.807, 2.05) is 12.1 Å². The summed E-state index contributed by atoms with van der Waals surface area (Å²) in [6, 6.07) is 8.12. The molecule has 0 spiro atoms. The summed E-state index contributed by atoms with van der Waals surface area (Å²) in [5, 5.41) is 0. The lowest BCUT2D eigenvalue weighted by Gasteiger charge is -2.23. The van der Waals surface area contributed by atoms with Gasteiger partial charge in [0.1, 0.15) is 6.29 Å². The van der Waals surface area contributed by atoms with Gasteiger partial charge in [-0.2, -0.15) is 0 Å². The summed E-state index contributed by atoms with van der Waals surface area (Å²) in [4.78, 5) is 11.0. The molecule has 3 unspecified atom stereocenters. The molecule has 2 aliphatic carbocycles. The van der Waals surface area contributed by atoms with Crippen molar-refractivity contribution in [3.63, 3.8) is 0 Å². The fourth-order valence-corrected chi connectivity index (χ4v) is 3.58. The van der Waals surface area contributed by atoms with Gasteiger partial charge in [-0.25, -0.2) is 0 Å². The molecule has 2 saturated carbocycles. The second kappa shape index (κ2) is 3.48. The van der Waals surface area contributed by atoms with Crippen molar-refractivity contribution in [1.29, 1.82) is 0 Å². The molecule has 0 aliphatic heterocycles. The Hall–Kier alpha value is -1.11. The fraction of sp³-hybridized carbons (Fsp3) is 0.500. The minimum Gasteiger partial charge on any atom is -0.298 e. The van der Waals surface area contributed by atoms with Crippen molar-refractivity contribution >= 4 is 6.29 Å². The standard InChI is InChI=1S/C14H16O/c15-9-12-3-1-2-4-13(12)14-8-10-5-6-11(14)7-10/h1-4,9-11,14H,5-8H2. The maximum absolute atomic E-state index is 11.0. The monoisotopic (exact) mass is 200 g/mol. The zero-order valence-corrected chi connectivity index (χ0v) is 8.86. The molecule has 3 rings (SSSR count). The lowest BCUT2D eigenvalue weighted by Crippen LogP contribution is -2.10. The molecule has 0 N–H and O–H groups in total. The Morgan fingerprint density at radius 2 is 2.00 bits per heavy atom. The number of hydrogen-bond acceptors (Lipinski definition) is 1. The Bertz CT molecular complexity index is 383. The number of benzene rings is 1. The molecule has 2 bridgehead atoms. The van der Waals surface area contributed by atoms with Crippen molar-refractivity contribution in [3.8, 4) is 0 Å². The maximum atomic E-state index is 11.0. The third-order valence-corrected chi connectivity index (χ3v) is 4.26. The first-order chi connectivity index (χ1) is 7.38. The summed E-state index contributed by atoms with van der Waals surface area (Å²) in [7, 11) is 0. The Kier molecular flexibility index (Phi) is 2.12. The molecule has 0 saturated heterocycles. The fourth-order valence-electron chi connectivity index (χ4n) is 3.58. The molecular formula is C14H16O. The minimum atomic E-state index is 0.671. The highest BCUT2D eigenvalue weighted by Crippen LogP contribution is 2.53. The van der Waals surface area contributed by atoms with Gasteiger partial charge in [0.25, 0.3) is 0 Å². The molecule has 0 amide bonds. The van der Waals surface area contributed by atoms with Crippen molar-refractivity contribution in [2.24, 2.45) is 11.8 Å². The van der Waals surface area contributed by atoms with Crippen LogP contribution in [0.4, 0.5) is 0 Å². The first-order valence-electron chi connectivity index (χ1n) is 5.92. The van der Waals surface area contributed by atoms with Crippen LogP contribution in [0, 0.1) is 11.8 Å². The van der Waals surface area contributed by atoms with E-state index in [0.717, 1.165) is 23.7 Å². The number of fused-ring (bicyclic) bond motifs is 2. The number of carbonyl (C=O) groups excluding carboxylic acids is 1. The van der Waals surface area contributed by atoms with Crippen LogP contribution in [-0.2, 0) is 0 Å². The maximum Gasteiger partial charge on any atom is 0.150 e. The topological polar surface area (TPSA) is 17.1 Å². The van der Waals surface area contributed by atoms with E-state index in [0.29, 0.717) is 5.92 Å². The van der Waals surface area contributed by atoms with Crippen LogP contribution in [0.5, 0.6) is 0 Å². The largest absolute Gasteiger partial charge is 0.298 e. The lowest BCUT2D eigenvalue weighted by molar-refractivity contribution is 0.112. The summed E-state index contributed by atoms with van der Waals surface area (Å²) < 4.78 is 0. The number of aldehydes is 1. The zero-order chi connectivity index (χ0) is 10.3. The van der Waals surface area contributed by atoms with E-state index >= 15 is 0 Å². The second-order valence-electron chi connectivity index (χ2n) is 5.03. The smallest absolute Gasteiger partial charge is 0.150 e. The molecular weight excluding hydrogens is 184 g/mol.